The number of ether oxygens (including phenoxy) is 2. The number of rotatable bonds is 6. The third kappa shape index (κ3) is 4.38. The first kappa shape index (κ1) is 19.2. The molecule has 1 fully saturated rings. The summed E-state index contributed by atoms with van der Waals surface area (Å²) in [6.45, 7) is 5.70. The molecule has 8 heteroatoms. The van der Waals surface area contributed by atoms with Gasteiger partial charge < -0.3 is 14.8 Å². The molecule has 0 amide bonds. The summed E-state index contributed by atoms with van der Waals surface area (Å²) >= 11 is 12.4. The highest BCUT2D eigenvalue weighted by molar-refractivity contribution is 6.33. The van der Waals surface area contributed by atoms with Crippen LogP contribution in [0.2, 0.25) is 10.0 Å². The molecule has 1 aliphatic rings. The van der Waals surface area contributed by atoms with Crippen LogP contribution in [0, 0.1) is 6.92 Å². The molecule has 0 spiro atoms. The Morgan fingerprint density at radius 2 is 2.27 bits per heavy atom. The van der Waals surface area contributed by atoms with Crippen molar-refractivity contribution in [2.45, 2.75) is 32.4 Å². The van der Waals surface area contributed by atoms with Crippen LogP contribution >= 0.6 is 23.2 Å². The Bertz CT molecular complexity index is 835. The molecule has 6 nitrogen and oxygen atoms in total. The van der Waals surface area contributed by atoms with E-state index >= 15 is 0 Å². The number of benzene rings is 1. The van der Waals surface area contributed by atoms with Crippen LogP contribution in [-0.2, 0) is 9.47 Å². The molecular weight excluding hydrogens is 377 g/mol. The first-order valence-corrected chi connectivity index (χ1v) is 9.21. The standard InChI is InChI=1S/C18H21Cl2N3O3/c1-11-3-4-13(7-15(11)19)23-18(24)17(20)16(8-21-23)22-12(2)9-26-14-5-6-25-10-14/h3-4,7-8,12,14,22H,5-6,9-10H2,1-2H3. The molecule has 140 valence electrons. The van der Waals surface area contributed by atoms with Crippen molar-refractivity contribution in [3.63, 3.8) is 0 Å². The third-order valence-electron chi connectivity index (χ3n) is 4.19. The highest BCUT2D eigenvalue weighted by Crippen LogP contribution is 2.21. The monoisotopic (exact) mass is 397 g/mol. The summed E-state index contributed by atoms with van der Waals surface area (Å²) < 4.78 is 12.3. The Morgan fingerprint density at radius 3 is 2.96 bits per heavy atom. The van der Waals surface area contributed by atoms with Gasteiger partial charge in [-0.25, -0.2) is 0 Å². The van der Waals surface area contributed by atoms with Crippen molar-refractivity contribution in [1.82, 2.24) is 9.78 Å². The van der Waals surface area contributed by atoms with Crippen molar-refractivity contribution in [2.75, 3.05) is 25.1 Å². The summed E-state index contributed by atoms with van der Waals surface area (Å²) in [5, 5.41) is 8.03. The third-order valence-corrected chi connectivity index (χ3v) is 4.96. The van der Waals surface area contributed by atoms with Gasteiger partial charge in [0.1, 0.15) is 5.02 Å². The first-order valence-electron chi connectivity index (χ1n) is 8.46. The van der Waals surface area contributed by atoms with Crippen molar-refractivity contribution in [3.8, 4) is 5.69 Å². The number of hydrogen-bond acceptors (Lipinski definition) is 5. The second-order valence-electron chi connectivity index (χ2n) is 6.39. The lowest BCUT2D eigenvalue weighted by Gasteiger charge is -2.18. The molecule has 1 N–H and O–H groups in total. The average molecular weight is 398 g/mol. The van der Waals surface area contributed by atoms with Crippen molar-refractivity contribution in [3.05, 3.63) is 50.4 Å². The minimum atomic E-state index is -0.408. The van der Waals surface area contributed by atoms with Gasteiger partial charge >= 0.3 is 0 Å². The fraction of sp³-hybridized carbons (Fsp3) is 0.444. The van der Waals surface area contributed by atoms with Crippen LogP contribution in [0.5, 0.6) is 0 Å². The molecule has 1 saturated heterocycles. The molecule has 1 aliphatic heterocycles. The molecule has 2 heterocycles. The molecule has 3 rings (SSSR count). The lowest BCUT2D eigenvalue weighted by atomic mass is 10.2. The van der Waals surface area contributed by atoms with E-state index in [0.717, 1.165) is 18.6 Å². The Balaban J connectivity index is 1.72. The van der Waals surface area contributed by atoms with E-state index in [1.165, 1.54) is 10.9 Å². The molecule has 0 bridgehead atoms. The van der Waals surface area contributed by atoms with Crippen molar-refractivity contribution >= 4 is 28.9 Å². The topological polar surface area (TPSA) is 65.4 Å². The zero-order valence-corrected chi connectivity index (χ0v) is 16.2. The van der Waals surface area contributed by atoms with Crippen LogP contribution in [0.4, 0.5) is 5.69 Å². The van der Waals surface area contributed by atoms with Crippen molar-refractivity contribution in [2.24, 2.45) is 0 Å². The number of halogens is 2. The fourth-order valence-electron chi connectivity index (χ4n) is 2.66. The number of aryl methyl sites for hydroxylation is 1. The summed E-state index contributed by atoms with van der Waals surface area (Å²) in [7, 11) is 0. The summed E-state index contributed by atoms with van der Waals surface area (Å²) in [6.07, 6.45) is 2.57. The maximum absolute atomic E-state index is 12.6. The maximum Gasteiger partial charge on any atom is 0.292 e. The number of nitrogens with one attached hydrogen (secondary N) is 1. The van der Waals surface area contributed by atoms with Crippen molar-refractivity contribution in [1.29, 1.82) is 0 Å². The average Bonchev–Trinajstić information content (AvgIpc) is 3.13. The fourth-order valence-corrected chi connectivity index (χ4v) is 3.02. The van der Waals surface area contributed by atoms with Crippen molar-refractivity contribution < 1.29 is 9.47 Å². The number of nitrogens with zero attached hydrogens (tertiary/aromatic N) is 2. The number of hydrogen-bond donors (Lipinski definition) is 1. The van der Waals surface area contributed by atoms with E-state index in [2.05, 4.69) is 10.4 Å². The molecule has 26 heavy (non-hydrogen) atoms. The number of aromatic nitrogens is 2. The zero-order chi connectivity index (χ0) is 18.7. The Hall–Kier alpha value is -1.60. The van der Waals surface area contributed by atoms with Gasteiger partial charge in [0, 0.05) is 17.7 Å². The van der Waals surface area contributed by atoms with Crippen LogP contribution < -0.4 is 10.9 Å². The maximum atomic E-state index is 12.6. The SMILES string of the molecule is Cc1ccc(-n2ncc(NC(C)COC3CCOC3)c(Cl)c2=O)cc1Cl. The quantitative estimate of drug-likeness (QED) is 0.808. The smallest absolute Gasteiger partial charge is 0.292 e. The van der Waals surface area contributed by atoms with Crippen LogP contribution in [0.25, 0.3) is 5.69 Å². The van der Waals surface area contributed by atoms with Crippen LogP contribution in [0.15, 0.2) is 29.2 Å². The highest BCUT2D eigenvalue weighted by atomic mass is 35.5. The van der Waals surface area contributed by atoms with E-state index in [-0.39, 0.29) is 17.2 Å². The van der Waals surface area contributed by atoms with Gasteiger partial charge in [0.05, 0.1) is 36.9 Å². The predicted octanol–water partition coefficient (Wildman–Crippen LogP) is 3.45. The second-order valence-corrected chi connectivity index (χ2v) is 7.17. The second kappa shape index (κ2) is 8.39. The first-order chi connectivity index (χ1) is 12.5. The number of anilines is 1. The largest absolute Gasteiger partial charge is 0.379 e. The van der Waals surface area contributed by atoms with E-state index in [1.807, 2.05) is 19.9 Å². The summed E-state index contributed by atoms with van der Waals surface area (Å²) in [5.41, 5.74) is 1.56. The summed E-state index contributed by atoms with van der Waals surface area (Å²) in [5.74, 6) is 0. The van der Waals surface area contributed by atoms with Gasteiger partial charge in [-0.3, -0.25) is 4.79 Å². The van der Waals surface area contributed by atoms with E-state index < -0.39 is 5.56 Å². The molecule has 2 atom stereocenters. The molecule has 0 saturated carbocycles. The Labute approximate surface area is 162 Å². The van der Waals surface area contributed by atoms with E-state index in [1.54, 1.807) is 12.1 Å². The molecule has 2 aromatic rings. The van der Waals surface area contributed by atoms with Crippen LogP contribution in [-0.4, -0.2) is 41.7 Å². The van der Waals surface area contributed by atoms with E-state index in [0.29, 0.717) is 29.6 Å². The molecule has 1 aromatic heterocycles. The normalized spacial score (nSPS) is 18.1. The van der Waals surface area contributed by atoms with Crippen LogP contribution in [0.1, 0.15) is 18.9 Å². The molecule has 0 radical (unpaired) electrons. The highest BCUT2D eigenvalue weighted by Gasteiger charge is 2.18. The van der Waals surface area contributed by atoms with E-state index in [4.69, 9.17) is 32.7 Å². The Morgan fingerprint density at radius 1 is 1.46 bits per heavy atom. The lowest BCUT2D eigenvalue weighted by Crippen LogP contribution is -2.28. The summed E-state index contributed by atoms with van der Waals surface area (Å²) in [6, 6.07) is 5.27. The minimum Gasteiger partial charge on any atom is -0.379 e. The molecular formula is C18H21Cl2N3O3. The molecule has 2 unspecified atom stereocenters. The molecule has 1 aromatic carbocycles. The van der Waals surface area contributed by atoms with E-state index in [9.17, 15) is 4.79 Å². The van der Waals surface area contributed by atoms with Gasteiger partial charge in [-0.1, -0.05) is 29.3 Å². The van der Waals surface area contributed by atoms with Crippen LogP contribution in [0.3, 0.4) is 0 Å². The predicted molar refractivity (Wildman–Crippen MR) is 103 cm³/mol. The lowest BCUT2D eigenvalue weighted by molar-refractivity contribution is 0.0395. The van der Waals surface area contributed by atoms with Gasteiger partial charge in [0.25, 0.3) is 5.56 Å². The van der Waals surface area contributed by atoms with Gasteiger partial charge in [-0.05, 0) is 38.0 Å². The Kier molecular flexibility index (Phi) is 6.19. The van der Waals surface area contributed by atoms with Gasteiger partial charge in [0.15, 0.2) is 0 Å². The zero-order valence-electron chi connectivity index (χ0n) is 14.7. The molecule has 0 aliphatic carbocycles. The minimum absolute atomic E-state index is 0.0287. The van der Waals surface area contributed by atoms with Gasteiger partial charge in [-0.2, -0.15) is 9.78 Å². The van der Waals surface area contributed by atoms with Gasteiger partial charge in [-0.15, -0.1) is 0 Å². The van der Waals surface area contributed by atoms with Gasteiger partial charge in [0.2, 0.25) is 0 Å². The summed E-state index contributed by atoms with van der Waals surface area (Å²) in [4.78, 5) is 12.6.